The molecule has 2 aromatic heterocycles. The van der Waals surface area contributed by atoms with Crippen molar-refractivity contribution in [1.82, 2.24) is 9.13 Å². The van der Waals surface area contributed by atoms with E-state index in [1.807, 2.05) is 0 Å². The summed E-state index contributed by atoms with van der Waals surface area (Å²) in [4.78, 5) is 53.1. The molecule has 34 heavy (non-hydrogen) atoms. The highest BCUT2D eigenvalue weighted by Gasteiger charge is 2.23. The molecule has 0 aliphatic rings. The quantitative estimate of drug-likeness (QED) is 0.390. The number of para-hydroxylation sites is 4. The number of nitrogens with zero attached hydrogens (tertiary/aromatic N) is 2. The van der Waals surface area contributed by atoms with Crippen LogP contribution in [0.4, 0.5) is 0 Å². The van der Waals surface area contributed by atoms with Crippen LogP contribution >= 0.6 is 0 Å². The zero-order valence-corrected chi connectivity index (χ0v) is 18.5. The number of benzene rings is 3. The number of rotatable bonds is 6. The third kappa shape index (κ3) is 3.07. The van der Waals surface area contributed by atoms with Crippen molar-refractivity contribution in [2.75, 3.05) is 13.2 Å². The molecule has 0 N–H and O–H groups in total. The number of fused-ring (bicyclic) bond motifs is 2. The molecule has 8 nitrogen and oxygen atoms in total. The van der Waals surface area contributed by atoms with Crippen molar-refractivity contribution in [2.24, 2.45) is 0 Å². The predicted molar refractivity (Wildman–Crippen MR) is 130 cm³/mol. The summed E-state index contributed by atoms with van der Waals surface area (Å²) >= 11 is 0. The van der Waals surface area contributed by atoms with Gasteiger partial charge in [0.2, 0.25) is 0 Å². The third-order valence-electron chi connectivity index (χ3n) is 5.70. The van der Waals surface area contributed by atoms with Gasteiger partial charge in [0.25, 0.3) is 22.2 Å². The highest BCUT2D eigenvalue weighted by atomic mass is 16.5. The van der Waals surface area contributed by atoms with Crippen LogP contribution in [0, 0.1) is 0 Å². The van der Waals surface area contributed by atoms with Gasteiger partial charge in [-0.05, 0) is 50.2 Å². The number of hydrogen-bond donors (Lipinski definition) is 0. The summed E-state index contributed by atoms with van der Waals surface area (Å²) < 4.78 is 13.2. The standard InChI is InChI=1S/C26H20N2O6/c1-3-33-21-11-7-5-9-19(21)27-23(29)15-13-17-18(14-16(15)24(27)30)26(32)28(25(17)31)20-10-6-8-12-22(20)34-4-2/h5-14H,3-4H2,1-2H3. The lowest BCUT2D eigenvalue weighted by Crippen LogP contribution is -2.24. The maximum absolute atomic E-state index is 13.3. The molecule has 8 heteroatoms. The van der Waals surface area contributed by atoms with Gasteiger partial charge in [-0.3, -0.25) is 19.2 Å². The molecule has 2 heterocycles. The van der Waals surface area contributed by atoms with Crippen LogP contribution in [-0.2, 0) is 0 Å². The minimum atomic E-state index is -0.580. The SMILES string of the molecule is CCOc1ccccc1-n1c(=O)c2cc3c(=O)n(-c4ccccc4OCC)c(=O)c3cc2c1=O. The second kappa shape index (κ2) is 8.15. The lowest BCUT2D eigenvalue weighted by atomic mass is 10.1. The van der Waals surface area contributed by atoms with E-state index in [1.54, 1.807) is 62.4 Å². The van der Waals surface area contributed by atoms with E-state index in [-0.39, 0.29) is 21.5 Å². The molecule has 3 aromatic carbocycles. The highest BCUT2D eigenvalue weighted by molar-refractivity contribution is 5.98. The van der Waals surface area contributed by atoms with Crippen molar-refractivity contribution >= 4 is 21.5 Å². The van der Waals surface area contributed by atoms with Gasteiger partial charge >= 0.3 is 0 Å². The van der Waals surface area contributed by atoms with E-state index in [9.17, 15) is 19.2 Å². The summed E-state index contributed by atoms with van der Waals surface area (Å²) in [6.45, 7) is 4.32. The fraction of sp³-hybridized carbons (Fsp3) is 0.154. The molecule has 0 atom stereocenters. The van der Waals surface area contributed by atoms with E-state index in [0.717, 1.165) is 9.13 Å². The lowest BCUT2D eigenvalue weighted by molar-refractivity contribution is 0.338. The van der Waals surface area contributed by atoms with Crippen LogP contribution in [0.5, 0.6) is 11.5 Å². The Morgan fingerprint density at radius 1 is 0.559 bits per heavy atom. The van der Waals surface area contributed by atoms with Gasteiger partial charge in [-0.15, -0.1) is 0 Å². The maximum atomic E-state index is 13.3. The van der Waals surface area contributed by atoms with Crippen molar-refractivity contribution in [2.45, 2.75) is 13.8 Å². The highest BCUT2D eigenvalue weighted by Crippen LogP contribution is 2.24. The summed E-state index contributed by atoms with van der Waals surface area (Å²) in [5.41, 5.74) is -1.71. The predicted octanol–water partition coefficient (Wildman–Crippen LogP) is 2.69. The van der Waals surface area contributed by atoms with Crippen LogP contribution < -0.4 is 31.7 Å². The van der Waals surface area contributed by atoms with Crippen molar-refractivity contribution in [3.05, 3.63) is 102 Å². The molecule has 0 amide bonds. The van der Waals surface area contributed by atoms with Crippen LogP contribution in [0.2, 0.25) is 0 Å². The fourth-order valence-electron chi connectivity index (χ4n) is 4.25. The molecule has 5 aromatic rings. The first-order valence-electron chi connectivity index (χ1n) is 10.9. The van der Waals surface area contributed by atoms with Crippen LogP contribution in [0.25, 0.3) is 32.9 Å². The molecule has 0 aliphatic heterocycles. The first-order chi connectivity index (χ1) is 16.5. The lowest BCUT2D eigenvalue weighted by Gasteiger charge is -2.09. The largest absolute Gasteiger partial charge is 0.492 e. The van der Waals surface area contributed by atoms with Gasteiger partial charge in [-0.2, -0.15) is 0 Å². The van der Waals surface area contributed by atoms with Crippen molar-refractivity contribution in [3.8, 4) is 22.9 Å². The van der Waals surface area contributed by atoms with Crippen LogP contribution in [0.1, 0.15) is 13.8 Å². The monoisotopic (exact) mass is 456 g/mol. The number of hydrogen-bond acceptors (Lipinski definition) is 6. The molecule has 0 saturated heterocycles. The third-order valence-corrected chi connectivity index (χ3v) is 5.70. The Bertz CT molecular complexity index is 1560. The zero-order chi connectivity index (χ0) is 24.0. The summed E-state index contributed by atoms with van der Waals surface area (Å²) in [5, 5.41) is 0.263. The van der Waals surface area contributed by atoms with Gasteiger partial charge in [-0.25, -0.2) is 9.13 Å². The minimum Gasteiger partial charge on any atom is -0.492 e. The van der Waals surface area contributed by atoms with Crippen LogP contribution in [0.3, 0.4) is 0 Å². The van der Waals surface area contributed by atoms with Gasteiger partial charge in [0.1, 0.15) is 11.5 Å². The Labute approximate surface area is 192 Å². The Morgan fingerprint density at radius 3 is 1.21 bits per heavy atom. The molecule has 5 rings (SSSR count). The number of aromatic nitrogens is 2. The second-order valence-corrected chi connectivity index (χ2v) is 7.64. The smallest absolute Gasteiger partial charge is 0.266 e. The minimum absolute atomic E-state index is 0.0659. The van der Waals surface area contributed by atoms with Gasteiger partial charge in [-0.1, -0.05) is 24.3 Å². The summed E-state index contributed by atoms with van der Waals surface area (Å²) in [5.74, 6) is 0.774. The number of ether oxygens (including phenoxy) is 2. The first-order valence-corrected chi connectivity index (χ1v) is 10.9. The summed E-state index contributed by atoms with van der Waals surface area (Å²) in [6, 6.07) is 16.1. The van der Waals surface area contributed by atoms with E-state index in [4.69, 9.17) is 9.47 Å². The molecule has 0 fully saturated rings. The van der Waals surface area contributed by atoms with Crippen molar-refractivity contribution < 1.29 is 9.47 Å². The normalized spacial score (nSPS) is 11.4. The molecular weight excluding hydrogens is 436 g/mol. The maximum Gasteiger partial charge on any atom is 0.266 e. The summed E-state index contributed by atoms with van der Waals surface area (Å²) in [6.07, 6.45) is 0. The average molecular weight is 456 g/mol. The Kier molecular flexibility index (Phi) is 5.13. The molecular formula is C26H20N2O6. The topological polar surface area (TPSA) is 96.6 Å². The van der Waals surface area contributed by atoms with E-state index in [0.29, 0.717) is 36.1 Å². The van der Waals surface area contributed by atoms with Gasteiger partial charge in [0, 0.05) is 0 Å². The second-order valence-electron chi connectivity index (χ2n) is 7.64. The Balaban J connectivity index is 1.81. The van der Waals surface area contributed by atoms with E-state index in [1.165, 1.54) is 12.1 Å². The van der Waals surface area contributed by atoms with E-state index < -0.39 is 22.2 Å². The molecule has 0 bridgehead atoms. The van der Waals surface area contributed by atoms with Gasteiger partial charge in [0.05, 0.1) is 46.1 Å². The fourth-order valence-corrected chi connectivity index (χ4v) is 4.25. The van der Waals surface area contributed by atoms with E-state index >= 15 is 0 Å². The zero-order valence-electron chi connectivity index (χ0n) is 18.5. The molecule has 0 aliphatic carbocycles. The first kappa shape index (κ1) is 21.4. The van der Waals surface area contributed by atoms with E-state index in [2.05, 4.69) is 0 Å². The van der Waals surface area contributed by atoms with Crippen molar-refractivity contribution in [1.29, 1.82) is 0 Å². The molecule has 170 valence electrons. The molecule has 0 saturated carbocycles. The Hall–Kier alpha value is -4.46. The molecule has 0 spiro atoms. The van der Waals surface area contributed by atoms with Gasteiger partial charge in [0.15, 0.2) is 0 Å². The van der Waals surface area contributed by atoms with Gasteiger partial charge < -0.3 is 9.47 Å². The van der Waals surface area contributed by atoms with Crippen LogP contribution in [0.15, 0.2) is 79.8 Å². The van der Waals surface area contributed by atoms with Crippen molar-refractivity contribution in [3.63, 3.8) is 0 Å². The average Bonchev–Trinajstić information content (AvgIpc) is 3.23. The van der Waals surface area contributed by atoms with Crippen LogP contribution in [-0.4, -0.2) is 22.3 Å². The molecule has 0 radical (unpaired) electrons. The Morgan fingerprint density at radius 2 is 0.882 bits per heavy atom. The molecule has 0 unspecified atom stereocenters. The summed E-state index contributed by atoms with van der Waals surface area (Å²) in [7, 11) is 0.